The van der Waals surface area contributed by atoms with Gasteiger partial charge in [0.15, 0.2) is 0 Å². The zero-order chi connectivity index (χ0) is 16.7. The van der Waals surface area contributed by atoms with E-state index in [0.717, 1.165) is 23.5 Å². The Kier molecular flexibility index (Phi) is 3.84. The molecule has 2 amide bonds. The monoisotopic (exact) mass is 341 g/mol. The lowest BCUT2D eigenvalue weighted by Crippen LogP contribution is -2.42. The second-order valence-corrected chi connectivity index (χ2v) is 7.39. The Morgan fingerprint density at radius 2 is 2.04 bits per heavy atom. The molecule has 124 valence electrons. The molecule has 5 nitrogen and oxygen atoms in total. The van der Waals surface area contributed by atoms with Crippen molar-refractivity contribution < 1.29 is 9.59 Å². The van der Waals surface area contributed by atoms with Crippen LogP contribution in [-0.2, 0) is 4.79 Å². The van der Waals surface area contributed by atoms with Crippen molar-refractivity contribution in [3.63, 3.8) is 0 Å². The van der Waals surface area contributed by atoms with Crippen molar-refractivity contribution in [2.75, 3.05) is 26.7 Å². The van der Waals surface area contributed by atoms with Gasteiger partial charge in [0.1, 0.15) is 10.7 Å². The summed E-state index contributed by atoms with van der Waals surface area (Å²) in [6, 6.07) is 9.87. The maximum Gasteiger partial charge on any atom is 0.273 e. The van der Waals surface area contributed by atoms with Gasteiger partial charge in [-0.1, -0.05) is 30.3 Å². The van der Waals surface area contributed by atoms with Crippen LogP contribution in [0.2, 0.25) is 0 Å². The minimum Gasteiger partial charge on any atom is -0.345 e. The predicted octanol–water partition coefficient (Wildman–Crippen LogP) is 2.36. The minimum atomic E-state index is -0.0571. The fraction of sp³-hybridized carbons (Fsp3) is 0.389. The number of likely N-dealkylation sites (tertiary alicyclic amines) is 2. The Hall–Kier alpha value is -2.21. The Bertz CT molecular complexity index is 774. The van der Waals surface area contributed by atoms with Crippen molar-refractivity contribution in [1.82, 2.24) is 14.8 Å². The number of hydrogen-bond donors (Lipinski definition) is 0. The summed E-state index contributed by atoms with van der Waals surface area (Å²) in [6.07, 6.45) is 0.975. The number of aromatic nitrogens is 1. The highest BCUT2D eigenvalue weighted by Crippen LogP contribution is 2.33. The van der Waals surface area contributed by atoms with Crippen molar-refractivity contribution >= 4 is 23.2 Å². The minimum absolute atomic E-state index is 0.0417. The van der Waals surface area contributed by atoms with Gasteiger partial charge in [0.05, 0.1) is 5.92 Å². The van der Waals surface area contributed by atoms with Crippen LogP contribution < -0.4 is 0 Å². The maximum absolute atomic E-state index is 12.8. The number of hydrogen-bond acceptors (Lipinski definition) is 4. The van der Waals surface area contributed by atoms with E-state index < -0.39 is 0 Å². The molecule has 0 bridgehead atoms. The van der Waals surface area contributed by atoms with Gasteiger partial charge in [-0.3, -0.25) is 9.59 Å². The molecule has 0 aliphatic carbocycles. The first-order chi connectivity index (χ1) is 11.6. The molecule has 2 aromatic rings. The van der Waals surface area contributed by atoms with Crippen LogP contribution >= 0.6 is 11.3 Å². The van der Waals surface area contributed by atoms with Gasteiger partial charge in [0.2, 0.25) is 5.91 Å². The van der Waals surface area contributed by atoms with Crippen LogP contribution in [0, 0.1) is 11.8 Å². The summed E-state index contributed by atoms with van der Waals surface area (Å²) in [5.41, 5.74) is 1.51. The second-order valence-electron chi connectivity index (χ2n) is 6.53. The third-order valence-electron chi connectivity index (χ3n) is 5.00. The number of thiazole rings is 1. The molecule has 2 fully saturated rings. The van der Waals surface area contributed by atoms with Gasteiger partial charge in [-0.2, -0.15) is 0 Å². The SMILES string of the molecule is CN1CC[C@@H]2CN(C(=O)c3csc(-c4ccccc4)n3)C[C@@H]2C1=O. The molecule has 2 saturated heterocycles. The van der Waals surface area contributed by atoms with Crippen molar-refractivity contribution in [3.05, 3.63) is 41.4 Å². The highest BCUT2D eigenvalue weighted by Gasteiger charge is 2.43. The van der Waals surface area contributed by atoms with Gasteiger partial charge in [0.25, 0.3) is 5.91 Å². The number of fused-ring (bicyclic) bond motifs is 1. The summed E-state index contributed by atoms with van der Waals surface area (Å²) in [5, 5.41) is 2.67. The number of carbonyl (C=O) groups excluding carboxylic acids is 2. The Morgan fingerprint density at radius 1 is 1.25 bits per heavy atom. The maximum atomic E-state index is 12.8. The van der Waals surface area contributed by atoms with Crippen LogP contribution in [0.15, 0.2) is 35.7 Å². The zero-order valence-electron chi connectivity index (χ0n) is 13.5. The molecule has 6 heteroatoms. The average Bonchev–Trinajstić information content (AvgIpc) is 3.26. The lowest BCUT2D eigenvalue weighted by molar-refractivity contribution is -0.137. The van der Waals surface area contributed by atoms with E-state index in [0.29, 0.717) is 24.7 Å². The third kappa shape index (κ3) is 2.60. The highest BCUT2D eigenvalue weighted by molar-refractivity contribution is 7.13. The molecule has 0 N–H and O–H groups in total. The lowest BCUT2D eigenvalue weighted by Gasteiger charge is -2.30. The van der Waals surface area contributed by atoms with Crippen molar-refractivity contribution in [3.8, 4) is 10.6 Å². The van der Waals surface area contributed by atoms with E-state index in [9.17, 15) is 9.59 Å². The number of carbonyl (C=O) groups is 2. The lowest BCUT2D eigenvalue weighted by atomic mass is 9.88. The fourth-order valence-corrected chi connectivity index (χ4v) is 4.41. The average molecular weight is 341 g/mol. The first kappa shape index (κ1) is 15.3. The molecule has 3 heterocycles. The van der Waals surface area contributed by atoms with Crippen LogP contribution in [-0.4, -0.2) is 53.3 Å². The number of benzene rings is 1. The molecule has 1 aromatic heterocycles. The molecule has 2 aliphatic heterocycles. The normalized spacial score (nSPS) is 23.5. The van der Waals surface area contributed by atoms with Crippen LogP contribution in [0.25, 0.3) is 10.6 Å². The van der Waals surface area contributed by atoms with Gasteiger partial charge in [0, 0.05) is 37.6 Å². The standard InChI is InChI=1S/C18H19N3O2S/c1-20-8-7-13-9-21(10-14(13)17(20)22)18(23)15-11-24-16(19-15)12-5-3-2-4-6-12/h2-6,11,13-14H,7-10H2,1H3/t13-,14+/m1/s1. The Labute approximate surface area is 144 Å². The van der Waals surface area contributed by atoms with Gasteiger partial charge in [-0.05, 0) is 12.3 Å². The van der Waals surface area contributed by atoms with Gasteiger partial charge >= 0.3 is 0 Å². The Balaban J connectivity index is 1.51. The molecule has 0 radical (unpaired) electrons. The number of amides is 2. The molecule has 2 atom stereocenters. The third-order valence-corrected chi connectivity index (χ3v) is 5.89. The summed E-state index contributed by atoms with van der Waals surface area (Å²) in [4.78, 5) is 33.1. The van der Waals surface area contributed by atoms with Crippen LogP contribution in [0.5, 0.6) is 0 Å². The van der Waals surface area contributed by atoms with E-state index in [4.69, 9.17) is 0 Å². The van der Waals surface area contributed by atoms with Gasteiger partial charge in [-0.15, -0.1) is 11.3 Å². The van der Waals surface area contributed by atoms with Crippen molar-refractivity contribution in [2.45, 2.75) is 6.42 Å². The van der Waals surface area contributed by atoms with Crippen LogP contribution in [0.4, 0.5) is 0 Å². The molecular weight excluding hydrogens is 322 g/mol. The van der Waals surface area contributed by atoms with E-state index in [1.807, 2.05) is 42.8 Å². The van der Waals surface area contributed by atoms with Gasteiger partial charge in [-0.25, -0.2) is 4.98 Å². The van der Waals surface area contributed by atoms with Gasteiger partial charge < -0.3 is 9.80 Å². The van der Waals surface area contributed by atoms with Crippen LogP contribution in [0.1, 0.15) is 16.9 Å². The number of rotatable bonds is 2. The molecule has 0 spiro atoms. The summed E-state index contributed by atoms with van der Waals surface area (Å²) in [7, 11) is 1.84. The first-order valence-corrected chi connectivity index (χ1v) is 9.06. The number of piperidine rings is 1. The topological polar surface area (TPSA) is 53.5 Å². The molecule has 2 aliphatic rings. The highest BCUT2D eigenvalue weighted by atomic mass is 32.1. The second kappa shape index (κ2) is 6.02. The molecule has 24 heavy (non-hydrogen) atoms. The van der Waals surface area contributed by atoms with E-state index in [1.54, 1.807) is 9.80 Å². The Morgan fingerprint density at radius 3 is 2.83 bits per heavy atom. The molecular formula is C18H19N3O2S. The van der Waals surface area contributed by atoms with Crippen molar-refractivity contribution in [1.29, 1.82) is 0 Å². The molecule has 4 rings (SSSR count). The summed E-state index contributed by atoms with van der Waals surface area (Å²) < 4.78 is 0. The van der Waals surface area contributed by atoms with E-state index in [1.165, 1.54) is 11.3 Å². The largest absolute Gasteiger partial charge is 0.345 e. The number of nitrogens with zero attached hydrogens (tertiary/aromatic N) is 3. The smallest absolute Gasteiger partial charge is 0.273 e. The molecule has 0 saturated carbocycles. The predicted molar refractivity (Wildman–Crippen MR) is 92.7 cm³/mol. The van der Waals surface area contributed by atoms with E-state index >= 15 is 0 Å². The fourth-order valence-electron chi connectivity index (χ4n) is 3.61. The summed E-state index contributed by atoms with van der Waals surface area (Å²) in [5.74, 6) is 0.368. The molecule has 0 unspecified atom stereocenters. The zero-order valence-corrected chi connectivity index (χ0v) is 14.3. The van der Waals surface area contributed by atoms with Crippen molar-refractivity contribution in [2.24, 2.45) is 11.8 Å². The quantitative estimate of drug-likeness (QED) is 0.843. The summed E-state index contributed by atoms with van der Waals surface area (Å²) in [6.45, 7) is 1.98. The molecule has 1 aromatic carbocycles. The first-order valence-electron chi connectivity index (χ1n) is 8.18. The summed E-state index contributed by atoms with van der Waals surface area (Å²) >= 11 is 1.48. The van der Waals surface area contributed by atoms with Crippen LogP contribution in [0.3, 0.4) is 0 Å². The van der Waals surface area contributed by atoms with E-state index in [-0.39, 0.29) is 17.7 Å². The van der Waals surface area contributed by atoms with E-state index in [2.05, 4.69) is 4.98 Å².